The third-order valence-electron chi connectivity index (χ3n) is 10.5. The molecule has 0 unspecified atom stereocenters. The minimum atomic E-state index is -0.790. The molecular weight excluding hydrogens is 733 g/mol. The zero-order chi connectivity index (χ0) is 43.0. The molecule has 0 amide bonds. The van der Waals surface area contributed by atoms with Crippen LogP contribution in [0.3, 0.4) is 0 Å². The van der Waals surface area contributed by atoms with E-state index in [2.05, 4.69) is 81.5 Å². The van der Waals surface area contributed by atoms with Crippen molar-refractivity contribution < 1.29 is 28.6 Å². The van der Waals surface area contributed by atoms with Crippen LogP contribution >= 0.6 is 0 Å². The van der Waals surface area contributed by atoms with Gasteiger partial charge in [-0.15, -0.1) is 0 Å². The number of esters is 3. The van der Waals surface area contributed by atoms with Crippen LogP contribution in [0.5, 0.6) is 0 Å². The fourth-order valence-electron chi connectivity index (χ4n) is 6.77. The molecule has 6 nitrogen and oxygen atoms in total. The largest absolute Gasteiger partial charge is 0.462 e. The highest BCUT2D eigenvalue weighted by Crippen LogP contribution is 2.15. The summed E-state index contributed by atoms with van der Waals surface area (Å²) in [6.07, 6.45) is 57.8. The van der Waals surface area contributed by atoms with E-state index in [1.54, 1.807) is 0 Å². The van der Waals surface area contributed by atoms with Crippen LogP contribution in [-0.4, -0.2) is 37.2 Å². The molecule has 0 saturated carbocycles. The Balaban J connectivity index is 4.43. The van der Waals surface area contributed by atoms with Crippen molar-refractivity contribution in [2.75, 3.05) is 13.2 Å². The number of allylic oxidation sites excluding steroid dienone is 10. The number of hydrogen-bond donors (Lipinski definition) is 0. The molecule has 0 spiro atoms. The summed E-state index contributed by atoms with van der Waals surface area (Å²) in [4.78, 5) is 37.9. The van der Waals surface area contributed by atoms with Gasteiger partial charge >= 0.3 is 17.9 Å². The van der Waals surface area contributed by atoms with Crippen molar-refractivity contribution in [2.24, 2.45) is 0 Å². The highest BCUT2D eigenvalue weighted by molar-refractivity contribution is 5.71. The predicted octanol–water partition coefficient (Wildman–Crippen LogP) is 16.1. The molecule has 1 atom stereocenters. The zero-order valence-electron chi connectivity index (χ0n) is 38.8. The number of carbonyl (C=O) groups is 3. The van der Waals surface area contributed by atoms with Crippen LogP contribution in [0, 0.1) is 0 Å². The van der Waals surface area contributed by atoms with E-state index in [-0.39, 0.29) is 31.1 Å². The smallest absolute Gasteiger partial charge is 0.306 e. The van der Waals surface area contributed by atoms with Gasteiger partial charge in [-0.3, -0.25) is 14.4 Å². The van der Waals surface area contributed by atoms with E-state index in [1.165, 1.54) is 109 Å². The van der Waals surface area contributed by atoms with E-state index in [0.717, 1.165) is 89.9 Å². The average molecular weight is 825 g/mol. The van der Waals surface area contributed by atoms with E-state index >= 15 is 0 Å². The second-order valence-electron chi connectivity index (χ2n) is 16.3. The highest BCUT2D eigenvalue weighted by atomic mass is 16.6. The molecule has 0 bridgehead atoms. The predicted molar refractivity (Wildman–Crippen MR) is 251 cm³/mol. The molecule has 59 heavy (non-hydrogen) atoms. The number of unbranched alkanes of at least 4 members (excludes halogenated alkanes) is 23. The lowest BCUT2D eigenvalue weighted by atomic mass is 10.0. The summed E-state index contributed by atoms with van der Waals surface area (Å²) in [6, 6.07) is 0. The van der Waals surface area contributed by atoms with Gasteiger partial charge in [-0.2, -0.15) is 0 Å². The molecule has 0 radical (unpaired) electrons. The molecule has 0 saturated heterocycles. The Morgan fingerprint density at radius 1 is 0.356 bits per heavy atom. The van der Waals surface area contributed by atoms with Crippen LogP contribution in [0.1, 0.15) is 239 Å². The molecule has 0 aliphatic heterocycles. The molecule has 0 aliphatic carbocycles. The van der Waals surface area contributed by atoms with Crippen molar-refractivity contribution in [2.45, 2.75) is 245 Å². The molecular formula is C53H92O6. The van der Waals surface area contributed by atoms with Crippen molar-refractivity contribution >= 4 is 17.9 Å². The normalized spacial score (nSPS) is 12.5. The maximum atomic E-state index is 12.8. The van der Waals surface area contributed by atoms with Crippen LogP contribution in [0.2, 0.25) is 0 Å². The Morgan fingerprint density at radius 2 is 0.678 bits per heavy atom. The van der Waals surface area contributed by atoms with Gasteiger partial charge in [0.2, 0.25) is 0 Å². The summed E-state index contributed by atoms with van der Waals surface area (Å²) in [5.41, 5.74) is 0. The third-order valence-corrected chi connectivity index (χ3v) is 10.5. The quantitative estimate of drug-likeness (QED) is 0.0263. The lowest BCUT2D eigenvalue weighted by Crippen LogP contribution is -2.30. The number of ether oxygens (including phenoxy) is 3. The van der Waals surface area contributed by atoms with Gasteiger partial charge in [0.05, 0.1) is 0 Å². The summed E-state index contributed by atoms with van der Waals surface area (Å²) in [6.45, 7) is 6.44. The summed E-state index contributed by atoms with van der Waals surface area (Å²) < 4.78 is 16.7. The molecule has 0 heterocycles. The van der Waals surface area contributed by atoms with Gasteiger partial charge in [-0.05, 0) is 77.0 Å². The minimum Gasteiger partial charge on any atom is -0.462 e. The topological polar surface area (TPSA) is 78.9 Å². The molecule has 0 aromatic heterocycles. The van der Waals surface area contributed by atoms with Crippen LogP contribution in [0.25, 0.3) is 0 Å². The molecule has 0 aromatic rings. The SMILES string of the molecule is CC/C=C\C/C=C\C/C=C\C/C=C\CCCCC(=O)OC[C@H](COC(=O)CCCCCCC/C=C\CCCC)OC(=O)CCCCCCCCCCCCCCCCC. The van der Waals surface area contributed by atoms with E-state index in [0.29, 0.717) is 19.3 Å². The van der Waals surface area contributed by atoms with Gasteiger partial charge in [0, 0.05) is 19.3 Å². The molecule has 0 aliphatic rings. The fourth-order valence-corrected chi connectivity index (χ4v) is 6.77. The highest BCUT2D eigenvalue weighted by Gasteiger charge is 2.19. The van der Waals surface area contributed by atoms with Crippen molar-refractivity contribution in [3.05, 3.63) is 60.8 Å². The molecule has 0 rings (SSSR count). The Hall–Kier alpha value is -2.89. The second kappa shape index (κ2) is 47.8. The Morgan fingerprint density at radius 3 is 1.14 bits per heavy atom. The lowest BCUT2D eigenvalue weighted by molar-refractivity contribution is -0.167. The van der Waals surface area contributed by atoms with E-state index in [9.17, 15) is 14.4 Å². The Kier molecular flexibility index (Phi) is 45.4. The van der Waals surface area contributed by atoms with E-state index in [4.69, 9.17) is 14.2 Å². The van der Waals surface area contributed by atoms with Crippen molar-refractivity contribution in [3.63, 3.8) is 0 Å². The summed E-state index contributed by atoms with van der Waals surface area (Å²) in [5.74, 6) is -0.939. The van der Waals surface area contributed by atoms with Gasteiger partial charge in [-0.1, -0.05) is 204 Å². The van der Waals surface area contributed by atoms with Crippen LogP contribution in [-0.2, 0) is 28.6 Å². The summed E-state index contributed by atoms with van der Waals surface area (Å²) in [5, 5.41) is 0. The monoisotopic (exact) mass is 825 g/mol. The minimum absolute atomic E-state index is 0.0904. The first-order valence-corrected chi connectivity index (χ1v) is 24.8. The van der Waals surface area contributed by atoms with Crippen LogP contribution in [0.15, 0.2) is 60.8 Å². The number of hydrogen-bond acceptors (Lipinski definition) is 6. The Bertz CT molecular complexity index is 1090. The van der Waals surface area contributed by atoms with Crippen LogP contribution in [0.4, 0.5) is 0 Å². The molecule has 6 heteroatoms. The lowest BCUT2D eigenvalue weighted by Gasteiger charge is -2.18. The zero-order valence-corrected chi connectivity index (χ0v) is 38.8. The molecule has 0 N–H and O–H groups in total. The molecule has 340 valence electrons. The maximum absolute atomic E-state index is 12.8. The maximum Gasteiger partial charge on any atom is 0.306 e. The Labute approximate surface area is 364 Å². The van der Waals surface area contributed by atoms with Gasteiger partial charge in [0.15, 0.2) is 6.10 Å². The van der Waals surface area contributed by atoms with Gasteiger partial charge in [-0.25, -0.2) is 0 Å². The van der Waals surface area contributed by atoms with E-state index < -0.39 is 6.10 Å². The van der Waals surface area contributed by atoms with Gasteiger partial charge in [0.25, 0.3) is 0 Å². The first-order valence-electron chi connectivity index (χ1n) is 24.8. The number of rotatable bonds is 44. The summed E-state index contributed by atoms with van der Waals surface area (Å²) >= 11 is 0. The fraction of sp³-hybridized carbons (Fsp3) is 0.755. The van der Waals surface area contributed by atoms with Crippen LogP contribution < -0.4 is 0 Å². The molecule has 0 fully saturated rings. The van der Waals surface area contributed by atoms with Gasteiger partial charge < -0.3 is 14.2 Å². The second-order valence-corrected chi connectivity index (χ2v) is 16.3. The number of carbonyl (C=O) groups excluding carboxylic acids is 3. The van der Waals surface area contributed by atoms with Crippen molar-refractivity contribution in [1.29, 1.82) is 0 Å². The summed E-state index contributed by atoms with van der Waals surface area (Å²) in [7, 11) is 0. The average Bonchev–Trinajstić information content (AvgIpc) is 3.23. The first-order chi connectivity index (χ1) is 29.0. The standard InChI is InChI=1S/C53H92O6/c1-4-7-10-13-16-19-22-24-26-28-31-34-37-40-43-46-52(55)58-49-50(48-57-51(54)45-42-39-36-33-30-21-18-15-12-9-6-3)59-53(56)47-44-41-38-35-32-29-27-25-23-20-17-14-11-8-5-2/h7,10,15-16,18-19,24,26,31,34,50H,4-6,8-9,11-14,17,20-23,25,27-30,32-33,35-49H2,1-3H3/b10-7-,18-15-,19-16-,26-24-,34-31-/t50-/m0/s1. The van der Waals surface area contributed by atoms with Crippen molar-refractivity contribution in [3.8, 4) is 0 Å². The third kappa shape index (κ3) is 46.0. The van der Waals surface area contributed by atoms with Gasteiger partial charge in [0.1, 0.15) is 13.2 Å². The molecule has 0 aromatic carbocycles. The van der Waals surface area contributed by atoms with Crippen molar-refractivity contribution in [1.82, 2.24) is 0 Å². The van der Waals surface area contributed by atoms with E-state index in [1.807, 2.05) is 0 Å². The first kappa shape index (κ1) is 56.1.